The summed E-state index contributed by atoms with van der Waals surface area (Å²) in [6.45, 7) is 9.60. The second kappa shape index (κ2) is 8.15. The molecule has 2 rings (SSSR count). The van der Waals surface area contributed by atoms with E-state index in [4.69, 9.17) is 0 Å². The first-order valence-electron chi connectivity index (χ1n) is 6.96. The van der Waals surface area contributed by atoms with Crippen molar-refractivity contribution >= 4 is 0 Å². The molecule has 0 aromatic carbocycles. The van der Waals surface area contributed by atoms with Gasteiger partial charge >= 0.3 is 0 Å². The topological polar surface area (TPSA) is 3.24 Å². The lowest BCUT2D eigenvalue weighted by Crippen LogP contribution is -2.32. The van der Waals surface area contributed by atoms with E-state index >= 15 is 0 Å². The summed E-state index contributed by atoms with van der Waals surface area (Å²) in [6.07, 6.45) is 10.0. The third kappa shape index (κ3) is 5.01. The van der Waals surface area contributed by atoms with Gasteiger partial charge in [-0.15, -0.1) is 0 Å². The van der Waals surface area contributed by atoms with Gasteiger partial charge in [-0.05, 0) is 39.3 Å². The molecule has 1 spiro atoms. The van der Waals surface area contributed by atoms with Crippen molar-refractivity contribution in [3.63, 3.8) is 0 Å². The van der Waals surface area contributed by atoms with E-state index in [2.05, 4.69) is 25.8 Å². The van der Waals surface area contributed by atoms with Crippen LogP contribution in [0.4, 0.5) is 0 Å². The van der Waals surface area contributed by atoms with E-state index in [1.807, 2.05) is 13.8 Å². The zero-order chi connectivity index (χ0) is 11.7. The van der Waals surface area contributed by atoms with Gasteiger partial charge in [0.15, 0.2) is 0 Å². The highest BCUT2D eigenvalue weighted by Crippen LogP contribution is 2.46. The Hall–Kier alpha value is -0.0400. The molecule has 0 amide bonds. The molecule has 1 saturated heterocycles. The highest BCUT2D eigenvalue weighted by molar-refractivity contribution is 5.03. The van der Waals surface area contributed by atoms with E-state index in [1.165, 1.54) is 51.5 Å². The van der Waals surface area contributed by atoms with Crippen LogP contribution in [0.15, 0.2) is 0 Å². The van der Waals surface area contributed by atoms with Gasteiger partial charge < -0.3 is 4.90 Å². The molecule has 2 fully saturated rings. The molecule has 1 aliphatic carbocycles. The van der Waals surface area contributed by atoms with Crippen LogP contribution in [0.3, 0.4) is 0 Å². The first-order chi connectivity index (χ1) is 7.25. The lowest BCUT2D eigenvalue weighted by Gasteiger charge is -2.24. The summed E-state index contributed by atoms with van der Waals surface area (Å²) in [5.41, 5.74) is 0.705. The third-order valence-electron chi connectivity index (χ3n) is 3.27. The van der Waals surface area contributed by atoms with E-state index in [0.717, 1.165) is 0 Å². The zero-order valence-electron chi connectivity index (χ0n) is 11.6. The molecule has 15 heavy (non-hydrogen) atoms. The molecule has 0 aromatic heterocycles. The van der Waals surface area contributed by atoms with E-state index in [0.29, 0.717) is 5.54 Å². The molecule has 0 N–H and O–H groups in total. The Labute approximate surface area is 97.2 Å². The predicted molar refractivity (Wildman–Crippen MR) is 70.4 cm³/mol. The number of hydrogen-bond acceptors (Lipinski definition) is 1. The summed E-state index contributed by atoms with van der Waals surface area (Å²) in [7, 11) is 2.30. The quantitative estimate of drug-likeness (QED) is 0.574. The van der Waals surface area contributed by atoms with Gasteiger partial charge in [0, 0.05) is 5.54 Å². The van der Waals surface area contributed by atoms with Crippen LogP contribution in [0, 0.1) is 0 Å². The number of nitrogens with zero attached hydrogens (tertiary/aromatic N) is 1. The minimum absolute atomic E-state index is 0.705. The zero-order valence-corrected chi connectivity index (χ0v) is 11.6. The summed E-state index contributed by atoms with van der Waals surface area (Å²) >= 11 is 0. The number of likely N-dealkylation sites (tertiary alicyclic amines) is 1. The van der Waals surface area contributed by atoms with Crippen molar-refractivity contribution < 1.29 is 0 Å². The standard InChI is InChI=1S/C9H17N.C3H8.C2H6/c1-10-8-4-2-3-5-9(10)6-7-9;1-3-2;1-2/h2-8H2,1H3;3H2,1-2H3;1-2H3. The molecular weight excluding hydrogens is 182 g/mol. The fourth-order valence-electron chi connectivity index (χ4n) is 2.18. The van der Waals surface area contributed by atoms with Crippen LogP contribution in [0.2, 0.25) is 0 Å². The van der Waals surface area contributed by atoms with E-state index < -0.39 is 0 Å². The summed E-state index contributed by atoms with van der Waals surface area (Å²) in [6, 6.07) is 0. The molecule has 1 nitrogen and oxygen atoms in total. The van der Waals surface area contributed by atoms with Crippen LogP contribution in [0.1, 0.15) is 72.6 Å². The molecule has 0 bridgehead atoms. The van der Waals surface area contributed by atoms with Crippen molar-refractivity contribution in [2.75, 3.05) is 13.6 Å². The molecule has 1 aliphatic heterocycles. The fourth-order valence-corrected chi connectivity index (χ4v) is 2.18. The molecule has 0 unspecified atom stereocenters. The van der Waals surface area contributed by atoms with Gasteiger partial charge in [0.25, 0.3) is 0 Å². The predicted octanol–water partition coefficient (Wildman–Crippen LogP) is 4.47. The van der Waals surface area contributed by atoms with Gasteiger partial charge in [-0.3, -0.25) is 0 Å². The molecular formula is C14H31N. The number of rotatable bonds is 0. The maximum absolute atomic E-state index is 2.60. The first kappa shape index (κ1) is 15.0. The van der Waals surface area contributed by atoms with Crippen LogP contribution in [0.5, 0.6) is 0 Å². The van der Waals surface area contributed by atoms with E-state index in [9.17, 15) is 0 Å². The Kier molecular flexibility index (Phi) is 8.13. The number of hydrogen-bond donors (Lipinski definition) is 0. The van der Waals surface area contributed by atoms with Gasteiger partial charge in [0.1, 0.15) is 0 Å². The highest BCUT2D eigenvalue weighted by Gasteiger charge is 2.45. The normalized spacial score (nSPS) is 23.0. The van der Waals surface area contributed by atoms with Crippen LogP contribution >= 0.6 is 0 Å². The summed E-state index contributed by atoms with van der Waals surface area (Å²) in [4.78, 5) is 2.60. The molecule has 92 valence electrons. The van der Waals surface area contributed by atoms with Gasteiger partial charge in [0.05, 0.1) is 0 Å². The second-order valence-corrected chi connectivity index (χ2v) is 4.66. The minimum atomic E-state index is 0.705. The Morgan fingerprint density at radius 2 is 1.47 bits per heavy atom. The van der Waals surface area contributed by atoms with E-state index in [1.54, 1.807) is 0 Å². The van der Waals surface area contributed by atoms with Crippen LogP contribution in [-0.4, -0.2) is 24.0 Å². The van der Waals surface area contributed by atoms with Crippen molar-refractivity contribution in [3.8, 4) is 0 Å². The van der Waals surface area contributed by atoms with Crippen LogP contribution < -0.4 is 0 Å². The smallest absolute Gasteiger partial charge is 0.0207 e. The Morgan fingerprint density at radius 3 is 1.93 bits per heavy atom. The maximum atomic E-state index is 2.60. The average Bonchev–Trinajstić information content (AvgIpc) is 3.04. The fraction of sp³-hybridized carbons (Fsp3) is 1.00. The molecule has 2 aliphatic rings. The highest BCUT2D eigenvalue weighted by atomic mass is 15.2. The SMILES string of the molecule is CC.CCC.CN1CCCCCC12CC2. The van der Waals surface area contributed by atoms with Crippen molar-refractivity contribution in [3.05, 3.63) is 0 Å². The first-order valence-corrected chi connectivity index (χ1v) is 6.96. The molecule has 1 saturated carbocycles. The van der Waals surface area contributed by atoms with Crippen LogP contribution in [-0.2, 0) is 0 Å². The van der Waals surface area contributed by atoms with Gasteiger partial charge in [0.2, 0.25) is 0 Å². The van der Waals surface area contributed by atoms with Gasteiger partial charge in [-0.1, -0.05) is 47.0 Å². The second-order valence-electron chi connectivity index (χ2n) is 4.66. The van der Waals surface area contributed by atoms with E-state index in [-0.39, 0.29) is 0 Å². The lowest BCUT2D eigenvalue weighted by atomic mass is 10.1. The monoisotopic (exact) mass is 213 g/mol. The maximum Gasteiger partial charge on any atom is 0.0207 e. The van der Waals surface area contributed by atoms with Gasteiger partial charge in [-0.2, -0.15) is 0 Å². The Balaban J connectivity index is 0.000000342. The largest absolute Gasteiger partial charge is 0.301 e. The summed E-state index contributed by atoms with van der Waals surface area (Å²) in [5.74, 6) is 0. The Bertz CT molecular complexity index is 138. The lowest BCUT2D eigenvalue weighted by molar-refractivity contribution is 0.226. The van der Waals surface area contributed by atoms with Crippen molar-refractivity contribution in [1.29, 1.82) is 0 Å². The summed E-state index contributed by atoms with van der Waals surface area (Å²) in [5, 5.41) is 0. The van der Waals surface area contributed by atoms with Crippen molar-refractivity contribution in [2.24, 2.45) is 0 Å². The molecule has 0 radical (unpaired) electrons. The van der Waals surface area contributed by atoms with Crippen molar-refractivity contribution in [1.82, 2.24) is 4.90 Å². The van der Waals surface area contributed by atoms with Crippen molar-refractivity contribution in [2.45, 2.75) is 78.2 Å². The molecule has 0 atom stereocenters. The van der Waals surface area contributed by atoms with Crippen LogP contribution in [0.25, 0.3) is 0 Å². The Morgan fingerprint density at radius 1 is 0.933 bits per heavy atom. The molecule has 1 heterocycles. The minimum Gasteiger partial charge on any atom is -0.301 e. The average molecular weight is 213 g/mol. The molecule has 1 heteroatoms. The third-order valence-corrected chi connectivity index (χ3v) is 3.27. The molecule has 0 aromatic rings. The summed E-state index contributed by atoms with van der Waals surface area (Å²) < 4.78 is 0. The van der Waals surface area contributed by atoms with Gasteiger partial charge in [-0.25, -0.2) is 0 Å².